The molecule has 0 atom stereocenters. The summed E-state index contributed by atoms with van der Waals surface area (Å²) >= 11 is 2.49. The van der Waals surface area contributed by atoms with Crippen LogP contribution in [0.3, 0.4) is 0 Å². The van der Waals surface area contributed by atoms with Gasteiger partial charge in [-0.1, -0.05) is 35.4 Å². The first-order valence-electron chi connectivity index (χ1n) is 10.0. The monoisotopic (exact) mass is 464 g/mol. The van der Waals surface area contributed by atoms with E-state index in [-0.39, 0.29) is 11.8 Å². The summed E-state index contributed by atoms with van der Waals surface area (Å²) in [5.41, 5.74) is 18.9. The van der Waals surface area contributed by atoms with Crippen LogP contribution >= 0.6 is 22.7 Å². The van der Waals surface area contributed by atoms with Crippen molar-refractivity contribution in [2.45, 2.75) is 27.7 Å². The first kappa shape index (κ1) is 21.9. The topological polar surface area (TPSA) is 110 Å². The highest BCUT2D eigenvalue weighted by Crippen LogP contribution is 2.45. The van der Waals surface area contributed by atoms with Gasteiger partial charge in [-0.15, -0.1) is 22.7 Å². The lowest BCUT2D eigenvalue weighted by Gasteiger charge is -2.09. The van der Waals surface area contributed by atoms with Crippen molar-refractivity contribution < 1.29 is 9.59 Å². The maximum atomic E-state index is 12.9. The van der Waals surface area contributed by atoms with Crippen LogP contribution in [0.4, 0.5) is 22.7 Å². The molecular formula is C24H24N4O2S2. The number of benzene rings is 2. The van der Waals surface area contributed by atoms with Crippen LogP contribution in [-0.4, -0.2) is 11.8 Å². The lowest BCUT2D eigenvalue weighted by Crippen LogP contribution is -2.14. The molecule has 0 fully saturated rings. The van der Waals surface area contributed by atoms with Crippen molar-refractivity contribution in [3.8, 4) is 0 Å². The van der Waals surface area contributed by atoms with Gasteiger partial charge in [0.25, 0.3) is 11.8 Å². The number of rotatable bonds is 4. The number of carbonyl (C=O) groups excluding carboxylic acids is 2. The molecule has 2 amide bonds. The number of anilines is 4. The molecule has 0 unspecified atom stereocenters. The summed E-state index contributed by atoms with van der Waals surface area (Å²) in [7, 11) is 0. The fourth-order valence-electron chi connectivity index (χ4n) is 3.61. The van der Waals surface area contributed by atoms with E-state index in [4.69, 9.17) is 11.5 Å². The number of fused-ring (bicyclic) bond motifs is 1. The average molecular weight is 465 g/mol. The molecule has 4 rings (SSSR count). The number of carbonyl (C=O) groups is 2. The van der Waals surface area contributed by atoms with Crippen molar-refractivity contribution in [2.75, 3.05) is 22.1 Å². The van der Waals surface area contributed by atoms with E-state index < -0.39 is 0 Å². The molecule has 0 aliphatic carbocycles. The van der Waals surface area contributed by atoms with Crippen molar-refractivity contribution in [1.29, 1.82) is 0 Å². The highest BCUT2D eigenvalue weighted by Gasteiger charge is 2.25. The molecule has 0 spiro atoms. The van der Waals surface area contributed by atoms with Crippen molar-refractivity contribution in [3.05, 3.63) is 68.4 Å². The Morgan fingerprint density at radius 1 is 0.719 bits per heavy atom. The normalized spacial score (nSPS) is 11.0. The summed E-state index contributed by atoms with van der Waals surface area (Å²) in [4.78, 5) is 26.5. The molecule has 6 nitrogen and oxygen atoms in total. The van der Waals surface area contributed by atoms with Crippen molar-refractivity contribution in [1.82, 2.24) is 0 Å². The van der Waals surface area contributed by atoms with E-state index in [9.17, 15) is 9.59 Å². The quantitative estimate of drug-likeness (QED) is 0.303. The Hall–Kier alpha value is -3.36. The molecule has 0 aliphatic heterocycles. The molecule has 2 heterocycles. The highest BCUT2D eigenvalue weighted by molar-refractivity contribution is 7.40. The standard InChI is InChI=1S/C24H24N4O2S2/c1-11-5-7-15(13(3)9-11)27-22(29)20-18(25)17-19(26)21(32-24(17)31-20)23(30)28-16-8-6-12(2)10-14(16)4/h5-10H,25-26H2,1-4H3,(H,27,29)(H,28,30). The second-order valence-electron chi connectivity index (χ2n) is 7.90. The van der Waals surface area contributed by atoms with Gasteiger partial charge in [-0.3, -0.25) is 9.59 Å². The SMILES string of the molecule is Cc1ccc(NC(=O)c2sc3sc(C(=O)Nc4ccc(C)cc4C)c(N)c3c2N)c(C)c1. The molecule has 0 aliphatic rings. The van der Waals surface area contributed by atoms with Crippen LogP contribution in [0.15, 0.2) is 36.4 Å². The summed E-state index contributed by atoms with van der Waals surface area (Å²) in [6.45, 7) is 7.89. The third-order valence-corrected chi connectivity index (χ3v) is 7.79. The summed E-state index contributed by atoms with van der Waals surface area (Å²) in [6, 6.07) is 11.6. The van der Waals surface area contributed by atoms with Crippen molar-refractivity contribution >= 4 is 66.6 Å². The van der Waals surface area contributed by atoms with Gasteiger partial charge >= 0.3 is 0 Å². The van der Waals surface area contributed by atoms with Gasteiger partial charge in [0.05, 0.1) is 20.8 Å². The zero-order valence-electron chi connectivity index (χ0n) is 18.3. The number of nitrogen functional groups attached to an aromatic ring is 2. The third-order valence-electron chi connectivity index (χ3n) is 5.29. The predicted octanol–water partition coefficient (Wildman–Crippen LogP) is 5.87. The zero-order valence-corrected chi connectivity index (χ0v) is 19.9. The summed E-state index contributed by atoms with van der Waals surface area (Å²) in [6.07, 6.45) is 0. The average Bonchev–Trinajstić information content (AvgIpc) is 3.23. The molecular weight excluding hydrogens is 440 g/mol. The molecule has 0 saturated carbocycles. The summed E-state index contributed by atoms with van der Waals surface area (Å²) in [5.74, 6) is -0.577. The second kappa shape index (κ2) is 8.29. The van der Waals surface area contributed by atoms with Gasteiger partial charge in [0.2, 0.25) is 0 Å². The Morgan fingerprint density at radius 3 is 1.47 bits per heavy atom. The first-order chi connectivity index (χ1) is 15.2. The Kier molecular flexibility index (Phi) is 5.66. The van der Waals surface area contributed by atoms with Crippen LogP contribution in [0, 0.1) is 27.7 Å². The largest absolute Gasteiger partial charge is 0.397 e. The fraction of sp³-hybridized carbons (Fsp3) is 0.167. The fourth-order valence-corrected chi connectivity index (χ4v) is 6.01. The number of amides is 2. The Labute approximate surface area is 194 Å². The molecule has 0 radical (unpaired) electrons. The highest BCUT2D eigenvalue weighted by atomic mass is 32.2. The van der Waals surface area contributed by atoms with E-state index in [1.165, 1.54) is 22.7 Å². The van der Waals surface area contributed by atoms with Crippen LogP contribution in [-0.2, 0) is 0 Å². The smallest absolute Gasteiger partial charge is 0.267 e. The van der Waals surface area contributed by atoms with E-state index in [1.807, 2.05) is 64.1 Å². The number of nitrogens with one attached hydrogen (secondary N) is 2. The molecule has 32 heavy (non-hydrogen) atoms. The minimum absolute atomic E-state index is 0.288. The van der Waals surface area contributed by atoms with Crippen LogP contribution in [0.5, 0.6) is 0 Å². The Morgan fingerprint density at radius 2 is 1.12 bits per heavy atom. The van der Waals surface area contributed by atoms with Gasteiger partial charge in [-0.25, -0.2) is 0 Å². The number of hydrogen-bond acceptors (Lipinski definition) is 6. The molecule has 8 heteroatoms. The van der Waals surface area contributed by atoms with E-state index in [1.54, 1.807) is 0 Å². The molecule has 2 aromatic carbocycles. The van der Waals surface area contributed by atoms with Gasteiger partial charge < -0.3 is 22.1 Å². The molecule has 164 valence electrons. The second-order valence-corrected chi connectivity index (χ2v) is 10.2. The zero-order chi connectivity index (χ0) is 23.2. The van der Waals surface area contributed by atoms with Gasteiger partial charge in [0.15, 0.2) is 0 Å². The van der Waals surface area contributed by atoms with Crippen LogP contribution in [0.25, 0.3) is 9.40 Å². The molecule has 6 N–H and O–H groups in total. The van der Waals surface area contributed by atoms with Gasteiger partial charge in [0, 0.05) is 11.4 Å². The number of thiophene rings is 2. The third kappa shape index (κ3) is 3.94. The van der Waals surface area contributed by atoms with E-state index in [0.717, 1.165) is 37.6 Å². The minimum atomic E-state index is -0.288. The molecule has 2 aromatic heterocycles. The maximum absolute atomic E-state index is 12.9. The minimum Gasteiger partial charge on any atom is -0.397 e. The van der Waals surface area contributed by atoms with Crippen LogP contribution in [0.2, 0.25) is 0 Å². The first-order valence-corrected chi connectivity index (χ1v) is 11.7. The maximum Gasteiger partial charge on any atom is 0.267 e. The molecule has 0 saturated heterocycles. The van der Waals surface area contributed by atoms with Crippen molar-refractivity contribution in [3.63, 3.8) is 0 Å². The summed E-state index contributed by atoms with van der Waals surface area (Å²) in [5, 5.41) is 6.41. The van der Waals surface area contributed by atoms with E-state index in [2.05, 4.69) is 10.6 Å². The van der Waals surface area contributed by atoms with E-state index >= 15 is 0 Å². The molecule has 0 bridgehead atoms. The van der Waals surface area contributed by atoms with Gasteiger partial charge in [-0.2, -0.15) is 0 Å². The van der Waals surface area contributed by atoms with Crippen LogP contribution in [0.1, 0.15) is 41.6 Å². The van der Waals surface area contributed by atoms with Gasteiger partial charge in [-0.05, 0) is 51.0 Å². The predicted molar refractivity (Wildman–Crippen MR) is 136 cm³/mol. The number of hydrogen-bond donors (Lipinski definition) is 4. The molecule has 4 aromatic rings. The number of nitrogens with two attached hydrogens (primary N) is 2. The van der Waals surface area contributed by atoms with Crippen molar-refractivity contribution in [2.24, 2.45) is 0 Å². The Bertz CT molecular complexity index is 1280. The van der Waals surface area contributed by atoms with E-state index in [0.29, 0.717) is 26.5 Å². The lowest BCUT2D eigenvalue weighted by atomic mass is 10.1. The Balaban J connectivity index is 1.61. The summed E-state index contributed by atoms with van der Waals surface area (Å²) < 4.78 is 0.747. The van der Waals surface area contributed by atoms with Crippen LogP contribution < -0.4 is 22.1 Å². The lowest BCUT2D eigenvalue weighted by molar-refractivity contribution is 0.102. The van der Waals surface area contributed by atoms with Gasteiger partial charge in [0.1, 0.15) is 9.75 Å². The number of aryl methyl sites for hydroxylation is 4.